The molecule has 0 saturated heterocycles. The number of carbonyl (C=O) groups is 1. The Hall–Kier alpha value is -1.29. The summed E-state index contributed by atoms with van der Waals surface area (Å²) in [5.41, 5.74) is 9.45. The van der Waals surface area contributed by atoms with Gasteiger partial charge in [-0.25, -0.2) is 0 Å². The topological polar surface area (TPSA) is 55.1 Å². The summed E-state index contributed by atoms with van der Waals surface area (Å²) in [4.78, 5) is 12.1. The SMILES string of the molecule is Cc1c(N)cc(Br)cc1C(=O)NCCC1=CCCC1. The van der Waals surface area contributed by atoms with Crippen LogP contribution < -0.4 is 11.1 Å². The van der Waals surface area contributed by atoms with Crippen molar-refractivity contribution in [1.29, 1.82) is 0 Å². The summed E-state index contributed by atoms with van der Waals surface area (Å²) in [6.45, 7) is 2.56. The van der Waals surface area contributed by atoms with Crippen molar-refractivity contribution in [2.45, 2.75) is 32.6 Å². The monoisotopic (exact) mass is 322 g/mol. The van der Waals surface area contributed by atoms with Crippen LogP contribution in [0.5, 0.6) is 0 Å². The molecule has 1 aliphatic carbocycles. The van der Waals surface area contributed by atoms with Gasteiger partial charge in [-0.05, 0) is 50.3 Å². The van der Waals surface area contributed by atoms with Crippen molar-refractivity contribution >= 4 is 27.5 Å². The second-order valence-electron chi connectivity index (χ2n) is 4.93. The molecule has 0 atom stereocenters. The zero-order valence-electron chi connectivity index (χ0n) is 11.1. The molecular formula is C15H19BrN2O. The predicted molar refractivity (Wildman–Crippen MR) is 82.2 cm³/mol. The van der Waals surface area contributed by atoms with Gasteiger partial charge in [0.1, 0.15) is 0 Å². The summed E-state index contributed by atoms with van der Waals surface area (Å²) in [5, 5.41) is 2.96. The fraction of sp³-hybridized carbons (Fsp3) is 0.400. The summed E-state index contributed by atoms with van der Waals surface area (Å²) in [6.07, 6.45) is 6.86. The maximum absolute atomic E-state index is 12.1. The number of allylic oxidation sites excluding steroid dienone is 1. The van der Waals surface area contributed by atoms with Gasteiger partial charge in [-0.1, -0.05) is 27.6 Å². The quantitative estimate of drug-likeness (QED) is 0.657. The van der Waals surface area contributed by atoms with E-state index < -0.39 is 0 Å². The summed E-state index contributed by atoms with van der Waals surface area (Å²) in [6, 6.07) is 3.63. The summed E-state index contributed by atoms with van der Waals surface area (Å²) < 4.78 is 0.833. The molecule has 0 bridgehead atoms. The van der Waals surface area contributed by atoms with E-state index in [-0.39, 0.29) is 5.91 Å². The normalized spacial score (nSPS) is 14.3. The fourth-order valence-corrected chi connectivity index (χ4v) is 2.81. The van der Waals surface area contributed by atoms with Crippen LogP contribution in [-0.2, 0) is 0 Å². The Balaban J connectivity index is 1.96. The third kappa shape index (κ3) is 3.60. The Labute approximate surface area is 122 Å². The lowest BCUT2D eigenvalue weighted by Gasteiger charge is -2.10. The molecule has 0 fully saturated rings. The molecule has 102 valence electrons. The highest BCUT2D eigenvalue weighted by atomic mass is 79.9. The summed E-state index contributed by atoms with van der Waals surface area (Å²) in [7, 11) is 0. The van der Waals surface area contributed by atoms with Crippen LogP contribution in [0, 0.1) is 6.92 Å². The van der Waals surface area contributed by atoms with Crippen LogP contribution in [0.15, 0.2) is 28.3 Å². The Morgan fingerprint density at radius 2 is 2.26 bits per heavy atom. The lowest BCUT2D eigenvalue weighted by molar-refractivity contribution is 0.0953. The zero-order chi connectivity index (χ0) is 13.8. The van der Waals surface area contributed by atoms with Gasteiger partial charge in [-0.15, -0.1) is 0 Å². The van der Waals surface area contributed by atoms with Crippen LogP contribution in [0.4, 0.5) is 5.69 Å². The van der Waals surface area contributed by atoms with Crippen LogP contribution in [0.3, 0.4) is 0 Å². The van der Waals surface area contributed by atoms with E-state index in [4.69, 9.17) is 5.73 Å². The molecule has 0 heterocycles. The van der Waals surface area contributed by atoms with E-state index in [1.54, 1.807) is 0 Å². The smallest absolute Gasteiger partial charge is 0.251 e. The molecule has 3 N–H and O–H groups in total. The zero-order valence-corrected chi connectivity index (χ0v) is 12.7. The number of rotatable bonds is 4. The van der Waals surface area contributed by atoms with Gasteiger partial charge in [-0.2, -0.15) is 0 Å². The minimum Gasteiger partial charge on any atom is -0.398 e. The van der Waals surface area contributed by atoms with Gasteiger partial charge in [0.15, 0.2) is 0 Å². The summed E-state index contributed by atoms with van der Waals surface area (Å²) >= 11 is 3.37. The van der Waals surface area contributed by atoms with Crippen molar-refractivity contribution in [3.8, 4) is 0 Å². The summed E-state index contributed by atoms with van der Waals surface area (Å²) in [5.74, 6) is -0.0518. The van der Waals surface area contributed by atoms with E-state index in [9.17, 15) is 4.79 Å². The number of amides is 1. The van der Waals surface area contributed by atoms with E-state index >= 15 is 0 Å². The van der Waals surface area contributed by atoms with E-state index in [1.807, 2.05) is 19.1 Å². The lowest BCUT2D eigenvalue weighted by Crippen LogP contribution is -2.25. The van der Waals surface area contributed by atoms with Crippen LogP contribution >= 0.6 is 15.9 Å². The molecule has 1 aromatic rings. The second-order valence-corrected chi connectivity index (χ2v) is 5.84. The minimum absolute atomic E-state index is 0.0518. The van der Waals surface area contributed by atoms with Gasteiger partial charge >= 0.3 is 0 Å². The third-order valence-electron chi connectivity index (χ3n) is 3.52. The number of nitrogen functional groups attached to an aromatic ring is 1. The average Bonchev–Trinajstić information content (AvgIpc) is 2.86. The van der Waals surface area contributed by atoms with E-state index in [0.717, 1.165) is 16.5 Å². The molecule has 4 heteroatoms. The fourth-order valence-electron chi connectivity index (χ4n) is 2.33. The van der Waals surface area contributed by atoms with Crippen molar-refractivity contribution in [2.24, 2.45) is 0 Å². The molecule has 0 radical (unpaired) electrons. The molecule has 0 spiro atoms. The molecule has 1 aromatic carbocycles. The average molecular weight is 323 g/mol. The number of nitrogens with one attached hydrogen (secondary N) is 1. The molecule has 2 rings (SSSR count). The van der Waals surface area contributed by atoms with E-state index in [0.29, 0.717) is 17.8 Å². The van der Waals surface area contributed by atoms with Gasteiger partial charge in [0.25, 0.3) is 5.91 Å². The number of benzene rings is 1. The van der Waals surface area contributed by atoms with Gasteiger partial charge in [-0.3, -0.25) is 4.79 Å². The minimum atomic E-state index is -0.0518. The van der Waals surface area contributed by atoms with Crippen molar-refractivity contribution < 1.29 is 4.79 Å². The number of anilines is 1. The Bertz CT molecular complexity index is 523. The molecule has 0 aliphatic heterocycles. The number of carbonyl (C=O) groups excluding carboxylic acids is 1. The van der Waals surface area contributed by atoms with Crippen LogP contribution in [0.1, 0.15) is 41.6 Å². The number of nitrogens with two attached hydrogens (primary N) is 1. The van der Waals surface area contributed by atoms with Gasteiger partial charge in [0.05, 0.1) is 0 Å². The Kier molecular flexibility index (Phi) is 4.64. The first-order chi connectivity index (χ1) is 9.08. The first kappa shape index (κ1) is 14.1. The third-order valence-corrected chi connectivity index (χ3v) is 3.98. The molecule has 0 aromatic heterocycles. The van der Waals surface area contributed by atoms with Crippen molar-refractivity contribution in [3.63, 3.8) is 0 Å². The molecule has 1 amide bonds. The first-order valence-electron chi connectivity index (χ1n) is 6.59. The van der Waals surface area contributed by atoms with Crippen LogP contribution in [0.25, 0.3) is 0 Å². The molecular weight excluding hydrogens is 304 g/mol. The predicted octanol–water partition coefficient (Wildman–Crippen LogP) is 3.57. The standard InChI is InChI=1S/C15H19BrN2O/c1-10-13(8-12(16)9-14(10)17)15(19)18-7-6-11-4-2-3-5-11/h4,8-9H,2-3,5-7,17H2,1H3,(H,18,19). The van der Waals surface area contributed by atoms with Crippen LogP contribution in [-0.4, -0.2) is 12.5 Å². The molecule has 0 unspecified atom stereocenters. The van der Waals surface area contributed by atoms with Gasteiger partial charge in [0, 0.05) is 22.3 Å². The van der Waals surface area contributed by atoms with Crippen molar-refractivity contribution in [3.05, 3.63) is 39.4 Å². The highest BCUT2D eigenvalue weighted by molar-refractivity contribution is 9.10. The highest BCUT2D eigenvalue weighted by Gasteiger charge is 2.12. The van der Waals surface area contributed by atoms with E-state index in [1.165, 1.54) is 24.8 Å². The van der Waals surface area contributed by atoms with Gasteiger partial charge < -0.3 is 11.1 Å². The number of hydrogen-bond acceptors (Lipinski definition) is 2. The maximum atomic E-state index is 12.1. The van der Waals surface area contributed by atoms with Crippen molar-refractivity contribution in [2.75, 3.05) is 12.3 Å². The number of halogens is 1. The highest BCUT2D eigenvalue weighted by Crippen LogP contribution is 2.23. The number of hydrogen-bond donors (Lipinski definition) is 2. The first-order valence-corrected chi connectivity index (χ1v) is 7.39. The van der Waals surface area contributed by atoms with E-state index in [2.05, 4.69) is 27.3 Å². The van der Waals surface area contributed by atoms with Gasteiger partial charge in [0.2, 0.25) is 0 Å². The Morgan fingerprint density at radius 3 is 2.95 bits per heavy atom. The molecule has 19 heavy (non-hydrogen) atoms. The molecule has 0 saturated carbocycles. The molecule has 1 aliphatic rings. The maximum Gasteiger partial charge on any atom is 0.251 e. The largest absolute Gasteiger partial charge is 0.398 e. The Morgan fingerprint density at radius 1 is 1.47 bits per heavy atom. The second kappa shape index (κ2) is 6.24. The molecule has 3 nitrogen and oxygen atoms in total. The van der Waals surface area contributed by atoms with Crippen LogP contribution in [0.2, 0.25) is 0 Å². The lowest BCUT2D eigenvalue weighted by atomic mass is 10.1. The van der Waals surface area contributed by atoms with Crippen molar-refractivity contribution in [1.82, 2.24) is 5.32 Å².